The van der Waals surface area contributed by atoms with Gasteiger partial charge in [-0.1, -0.05) is 31.2 Å². The van der Waals surface area contributed by atoms with E-state index in [0.29, 0.717) is 29.4 Å². The maximum absolute atomic E-state index is 16.6. The second-order valence-electron chi connectivity index (χ2n) is 11.9. The van der Waals surface area contributed by atoms with Gasteiger partial charge in [0.25, 0.3) is 0 Å². The van der Waals surface area contributed by atoms with Crippen molar-refractivity contribution < 1.29 is 23.0 Å². The van der Waals surface area contributed by atoms with Gasteiger partial charge in [0.2, 0.25) is 0 Å². The van der Waals surface area contributed by atoms with E-state index in [4.69, 9.17) is 16.1 Å². The number of alkyl halides is 1. The molecule has 4 heterocycles. The standard InChI is InChI=1S/C33H31F3N4O2/c1-2-23-26(35)10-9-20-13-22(41)14-24(27(20)23)30-28(36)31-25(16-37-30)29(19-7-4-3-5-8-19)38-32(39-31)42-18-33-11-6-12-40(33)17-21(34)15-33/h1,9-10,13-14,16,19,21,41H,3-8,11-12,15,17-18H2/t21-,33+/m1/s1. The molecule has 0 bridgehead atoms. The van der Waals surface area contributed by atoms with Crippen LogP contribution in [0, 0.1) is 24.0 Å². The predicted molar refractivity (Wildman–Crippen MR) is 154 cm³/mol. The topological polar surface area (TPSA) is 71.4 Å². The molecule has 2 atom stereocenters. The fraction of sp³-hybridized carbons (Fsp3) is 0.424. The Morgan fingerprint density at radius 1 is 1.12 bits per heavy atom. The van der Waals surface area contributed by atoms with E-state index in [0.717, 1.165) is 51.5 Å². The third kappa shape index (κ3) is 4.44. The number of phenolic OH excluding ortho intramolecular Hbond substituents is 1. The van der Waals surface area contributed by atoms with Crippen LogP contribution in [0.3, 0.4) is 0 Å². The van der Waals surface area contributed by atoms with E-state index in [-0.39, 0.29) is 52.0 Å². The molecular weight excluding hydrogens is 541 g/mol. The Hall–Kier alpha value is -3.90. The van der Waals surface area contributed by atoms with E-state index in [1.807, 2.05) is 0 Å². The average Bonchev–Trinajstić information content (AvgIpc) is 3.52. The van der Waals surface area contributed by atoms with Gasteiger partial charge in [0.15, 0.2) is 5.82 Å². The Morgan fingerprint density at radius 2 is 1.95 bits per heavy atom. The number of hydrogen-bond acceptors (Lipinski definition) is 6. The highest BCUT2D eigenvalue weighted by Crippen LogP contribution is 2.42. The molecule has 0 amide bonds. The first-order chi connectivity index (χ1) is 20.4. The van der Waals surface area contributed by atoms with E-state index in [1.165, 1.54) is 24.3 Å². The molecule has 4 aromatic rings. The third-order valence-corrected chi connectivity index (χ3v) is 9.37. The van der Waals surface area contributed by atoms with Crippen LogP contribution >= 0.6 is 0 Å². The second-order valence-corrected chi connectivity index (χ2v) is 11.9. The first kappa shape index (κ1) is 27.0. The zero-order valence-corrected chi connectivity index (χ0v) is 23.2. The number of rotatable bonds is 5. The van der Waals surface area contributed by atoms with Gasteiger partial charge in [0, 0.05) is 41.4 Å². The Labute approximate surface area is 241 Å². The number of phenols is 1. The summed E-state index contributed by atoms with van der Waals surface area (Å²) < 4.78 is 51.9. The molecule has 2 saturated heterocycles. The number of fused-ring (bicyclic) bond motifs is 3. The summed E-state index contributed by atoms with van der Waals surface area (Å²) in [5, 5.41) is 11.7. The molecule has 0 radical (unpaired) electrons. The van der Waals surface area contributed by atoms with Gasteiger partial charge in [-0.25, -0.2) is 13.2 Å². The van der Waals surface area contributed by atoms with Crippen molar-refractivity contribution in [2.45, 2.75) is 69.0 Å². The maximum Gasteiger partial charge on any atom is 0.317 e. The van der Waals surface area contributed by atoms with Crippen LogP contribution in [-0.2, 0) is 0 Å². The summed E-state index contributed by atoms with van der Waals surface area (Å²) in [5.74, 6) is 0.974. The van der Waals surface area contributed by atoms with Crippen LogP contribution in [0.25, 0.3) is 32.9 Å². The highest BCUT2D eigenvalue weighted by Gasteiger charge is 2.49. The molecule has 7 rings (SSSR count). The quantitative estimate of drug-likeness (QED) is 0.265. The fourth-order valence-corrected chi connectivity index (χ4v) is 7.40. The Morgan fingerprint density at radius 3 is 2.76 bits per heavy atom. The number of aromatic nitrogens is 3. The first-order valence-corrected chi connectivity index (χ1v) is 14.7. The van der Waals surface area contributed by atoms with Crippen molar-refractivity contribution in [1.82, 2.24) is 19.9 Å². The lowest BCUT2D eigenvalue weighted by Gasteiger charge is -2.31. The summed E-state index contributed by atoms with van der Waals surface area (Å²) in [6.07, 6.45) is 13.6. The van der Waals surface area contributed by atoms with E-state index in [2.05, 4.69) is 20.8 Å². The minimum absolute atomic E-state index is 0.0382. The highest BCUT2D eigenvalue weighted by molar-refractivity contribution is 6.02. The van der Waals surface area contributed by atoms with Crippen molar-refractivity contribution in [1.29, 1.82) is 0 Å². The van der Waals surface area contributed by atoms with Crippen molar-refractivity contribution in [3.8, 4) is 35.4 Å². The van der Waals surface area contributed by atoms with Crippen LogP contribution in [0.1, 0.15) is 68.5 Å². The molecule has 9 heteroatoms. The van der Waals surface area contributed by atoms with Crippen molar-refractivity contribution in [2.75, 3.05) is 19.7 Å². The first-order valence-electron chi connectivity index (χ1n) is 14.7. The molecule has 2 aliphatic heterocycles. The molecule has 1 saturated carbocycles. The molecule has 6 nitrogen and oxygen atoms in total. The third-order valence-electron chi connectivity index (χ3n) is 9.37. The lowest BCUT2D eigenvalue weighted by Crippen LogP contribution is -2.43. The Balaban J connectivity index is 1.38. The molecule has 3 fully saturated rings. The number of hydrogen-bond donors (Lipinski definition) is 1. The minimum atomic E-state index is -0.898. The maximum atomic E-state index is 16.6. The zero-order chi connectivity index (χ0) is 29.0. The van der Waals surface area contributed by atoms with Crippen LogP contribution in [0.2, 0.25) is 0 Å². The minimum Gasteiger partial charge on any atom is -0.508 e. The predicted octanol–water partition coefficient (Wildman–Crippen LogP) is 6.81. The van der Waals surface area contributed by atoms with E-state index < -0.39 is 23.3 Å². The van der Waals surface area contributed by atoms with Crippen molar-refractivity contribution >= 4 is 21.7 Å². The van der Waals surface area contributed by atoms with Crippen LogP contribution in [0.4, 0.5) is 13.2 Å². The number of halogens is 3. The summed E-state index contributed by atoms with van der Waals surface area (Å²) in [7, 11) is 0. The summed E-state index contributed by atoms with van der Waals surface area (Å²) in [5.41, 5.74) is 0.344. The van der Waals surface area contributed by atoms with Gasteiger partial charge in [-0.05, 0) is 55.8 Å². The van der Waals surface area contributed by atoms with Gasteiger partial charge in [-0.3, -0.25) is 9.88 Å². The van der Waals surface area contributed by atoms with Crippen LogP contribution in [-0.4, -0.2) is 56.4 Å². The lowest BCUT2D eigenvalue weighted by atomic mass is 9.85. The van der Waals surface area contributed by atoms with Gasteiger partial charge in [0.05, 0.1) is 16.8 Å². The van der Waals surface area contributed by atoms with Gasteiger partial charge < -0.3 is 9.84 Å². The molecule has 0 spiro atoms. The number of ether oxygens (including phenoxy) is 1. The summed E-state index contributed by atoms with van der Waals surface area (Å²) in [6.45, 7) is 1.46. The number of benzene rings is 2. The molecule has 2 aromatic carbocycles. The lowest BCUT2D eigenvalue weighted by molar-refractivity contribution is 0.107. The Bertz CT molecular complexity index is 1750. The van der Waals surface area contributed by atoms with Gasteiger partial charge >= 0.3 is 6.01 Å². The molecule has 42 heavy (non-hydrogen) atoms. The summed E-state index contributed by atoms with van der Waals surface area (Å²) >= 11 is 0. The normalized spacial score (nSPS) is 23.0. The summed E-state index contributed by atoms with van der Waals surface area (Å²) in [6, 6.07) is 5.54. The molecule has 1 aliphatic carbocycles. The van der Waals surface area contributed by atoms with E-state index in [9.17, 15) is 13.9 Å². The number of terminal acetylenes is 1. The average molecular weight is 573 g/mol. The van der Waals surface area contributed by atoms with Crippen molar-refractivity contribution in [3.05, 3.63) is 53.4 Å². The van der Waals surface area contributed by atoms with Gasteiger partial charge in [-0.15, -0.1) is 6.42 Å². The zero-order valence-electron chi connectivity index (χ0n) is 23.2. The summed E-state index contributed by atoms with van der Waals surface area (Å²) in [4.78, 5) is 15.9. The number of nitrogens with zero attached hydrogens (tertiary/aromatic N) is 4. The molecule has 1 N–H and O–H groups in total. The fourth-order valence-electron chi connectivity index (χ4n) is 7.40. The molecule has 3 aliphatic rings. The van der Waals surface area contributed by atoms with Crippen molar-refractivity contribution in [2.24, 2.45) is 0 Å². The second kappa shape index (κ2) is 10.4. The van der Waals surface area contributed by atoms with E-state index in [1.54, 1.807) is 6.20 Å². The van der Waals surface area contributed by atoms with Gasteiger partial charge in [0.1, 0.15) is 35.6 Å². The Kier molecular flexibility index (Phi) is 6.69. The molecular formula is C33H31F3N4O2. The molecule has 0 unspecified atom stereocenters. The van der Waals surface area contributed by atoms with Crippen LogP contribution in [0.5, 0.6) is 11.8 Å². The highest BCUT2D eigenvalue weighted by atomic mass is 19.1. The molecule has 216 valence electrons. The SMILES string of the molecule is C#Cc1c(F)ccc2cc(O)cc(-c3ncc4c(C5CCCCC5)nc(OC[C@@]56CCCN5C[C@H](F)C6)nc4c3F)c12. The van der Waals surface area contributed by atoms with Crippen LogP contribution < -0.4 is 4.74 Å². The smallest absolute Gasteiger partial charge is 0.317 e. The number of aromatic hydroxyl groups is 1. The van der Waals surface area contributed by atoms with Crippen molar-refractivity contribution in [3.63, 3.8) is 0 Å². The van der Waals surface area contributed by atoms with Crippen LogP contribution in [0.15, 0.2) is 30.5 Å². The van der Waals surface area contributed by atoms with Gasteiger partial charge in [-0.2, -0.15) is 9.97 Å². The largest absolute Gasteiger partial charge is 0.508 e. The monoisotopic (exact) mass is 572 g/mol. The van der Waals surface area contributed by atoms with E-state index >= 15 is 4.39 Å². The number of pyridine rings is 1. The molecule has 2 aromatic heterocycles.